The zero-order valence-corrected chi connectivity index (χ0v) is 25.5. The minimum Gasteiger partial charge on any atom is -0.481 e. The lowest BCUT2D eigenvalue weighted by molar-refractivity contribution is -0.137. The average molecular weight is 542 g/mol. The van der Waals surface area contributed by atoms with E-state index in [1.54, 1.807) is 4.90 Å². The van der Waals surface area contributed by atoms with Crippen LogP contribution in [0.3, 0.4) is 0 Å². The normalized spacial score (nSPS) is 14.0. The minimum atomic E-state index is -2.31. The van der Waals surface area contributed by atoms with Crippen molar-refractivity contribution in [2.24, 2.45) is 0 Å². The molecule has 0 radical (unpaired) electrons. The summed E-state index contributed by atoms with van der Waals surface area (Å²) in [6.07, 6.45) is 0.587. The topological polar surface area (TPSA) is 76.1 Å². The van der Waals surface area contributed by atoms with Crippen LogP contribution in [-0.4, -0.2) is 54.7 Å². The molecule has 7 heteroatoms. The molecule has 0 aromatic heterocycles. The van der Waals surface area contributed by atoms with Gasteiger partial charge in [0.25, 0.3) is 0 Å². The van der Waals surface area contributed by atoms with E-state index in [2.05, 4.69) is 33.9 Å². The van der Waals surface area contributed by atoms with Gasteiger partial charge in [-0.25, -0.2) is 4.79 Å². The molecule has 1 amide bonds. The zero-order valence-electron chi connectivity index (χ0n) is 24.5. The summed E-state index contributed by atoms with van der Waals surface area (Å²) in [4.78, 5) is 27.2. The second-order valence-electron chi connectivity index (χ2n) is 12.5. The number of nitrogens with zero attached hydrogens (tertiary/aromatic N) is 1. The number of carbonyl (C=O) groups excluding carboxylic acids is 1. The highest BCUT2D eigenvalue weighted by atomic mass is 28.4. The number of rotatable bonds is 12. The van der Waals surface area contributed by atoms with Crippen molar-refractivity contribution in [1.29, 1.82) is 0 Å². The lowest BCUT2D eigenvalue weighted by Crippen LogP contribution is -2.55. The van der Waals surface area contributed by atoms with Crippen molar-refractivity contribution in [2.75, 3.05) is 6.54 Å². The van der Waals surface area contributed by atoms with Gasteiger partial charge in [-0.3, -0.25) is 4.79 Å². The van der Waals surface area contributed by atoms with Gasteiger partial charge in [-0.2, -0.15) is 0 Å². The lowest BCUT2D eigenvalue weighted by atomic mass is 9.96. The number of amides is 1. The Morgan fingerprint density at radius 2 is 1.42 bits per heavy atom. The first-order valence-electron chi connectivity index (χ1n) is 13.6. The Morgan fingerprint density at radius 1 is 0.895 bits per heavy atom. The van der Waals surface area contributed by atoms with Crippen molar-refractivity contribution in [3.05, 3.63) is 71.8 Å². The van der Waals surface area contributed by atoms with Crippen LogP contribution in [0.5, 0.6) is 0 Å². The number of carboxylic acids is 1. The Bertz CT molecular complexity index is 1010. The van der Waals surface area contributed by atoms with Gasteiger partial charge in [-0.15, -0.1) is 0 Å². The largest absolute Gasteiger partial charge is 0.481 e. The van der Waals surface area contributed by atoms with Gasteiger partial charge in [0.2, 0.25) is 0 Å². The first kappa shape index (κ1) is 31.6. The third-order valence-electron chi connectivity index (χ3n) is 7.12. The molecular weight excluding hydrogens is 494 g/mol. The van der Waals surface area contributed by atoms with Crippen molar-refractivity contribution in [3.63, 3.8) is 0 Å². The Morgan fingerprint density at radius 3 is 1.89 bits per heavy atom. The first-order valence-corrected chi connectivity index (χ1v) is 16.5. The molecule has 0 saturated heterocycles. The number of carbonyl (C=O) groups is 2. The maximum Gasteiger partial charge on any atom is 0.410 e. The van der Waals surface area contributed by atoms with Crippen molar-refractivity contribution in [1.82, 2.24) is 4.90 Å². The van der Waals surface area contributed by atoms with Crippen LogP contribution < -0.4 is 0 Å². The van der Waals surface area contributed by atoms with Gasteiger partial charge in [0.15, 0.2) is 8.32 Å². The molecule has 2 rings (SSSR count). The lowest BCUT2D eigenvalue weighted by Gasteiger charge is -2.44. The van der Waals surface area contributed by atoms with Crippen LogP contribution in [0, 0.1) is 0 Å². The molecule has 0 bridgehead atoms. The molecule has 2 aromatic carbocycles. The molecule has 0 spiro atoms. The van der Waals surface area contributed by atoms with E-state index in [1.807, 2.05) is 81.4 Å². The molecule has 0 aliphatic heterocycles. The molecule has 38 heavy (non-hydrogen) atoms. The maximum atomic E-state index is 13.8. The van der Waals surface area contributed by atoms with E-state index in [0.717, 1.165) is 11.1 Å². The van der Waals surface area contributed by atoms with Crippen molar-refractivity contribution < 1.29 is 23.9 Å². The summed E-state index contributed by atoms with van der Waals surface area (Å²) in [7, 11) is -2.31. The fourth-order valence-corrected chi connectivity index (χ4v) is 5.44. The molecule has 0 fully saturated rings. The van der Waals surface area contributed by atoms with Gasteiger partial charge in [0.1, 0.15) is 5.60 Å². The molecule has 2 aromatic rings. The van der Waals surface area contributed by atoms with Crippen LogP contribution >= 0.6 is 0 Å². The fourth-order valence-electron chi connectivity index (χ4n) is 4.06. The zero-order chi connectivity index (χ0) is 28.6. The van der Waals surface area contributed by atoms with Gasteiger partial charge in [-0.05, 0) is 69.3 Å². The van der Waals surface area contributed by atoms with Gasteiger partial charge in [-0.1, -0.05) is 81.4 Å². The summed E-state index contributed by atoms with van der Waals surface area (Å²) >= 11 is 0. The molecule has 0 heterocycles. The fraction of sp³-hybridized carbons (Fsp3) is 0.548. The van der Waals surface area contributed by atoms with Gasteiger partial charge < -0.3 is 19.2 Å². The molecule has 0 aliphatic rings. The van der Waals surface area contributed by atoms with E-state index in [4.69, 9.17) is 9.16 Å². The molecule has 210 valence electrons. The van der Waals surface area contributed by atoms with E-state index in [9.17, 15) is 14.7 Å². The van der Waals surface area contributed by atoms with Crippen LogP contribution in [0.4, 0.5) is 4.79 Å². The van der Waals surface area contributed by atoms with E-state index < -0.39 is 38.1 Å². The summed E-state index contributed by atoms with van der Waals surface area (Å²) in [5.74, 6) is -0.875. The third kappa shape index (κ3) is 10.3. The molecule has 2 unspecified atom stereocenters. The predicted octanol–water partition coefficient (Wildman–Crippen LogP) is 7.33. The molecule has 0 aliphatic carbocycles. The number of hydrogen-bond acceptors (Lipinski definition) is 4. The standard InChI is InChI=1S/C31H47NO5Si/c1-30(2,3)36-29(35)32(22-21-24-15-11-9-12-16-24)26(23-25-17-13-10-14-18-25)27(19-20-28(33)34)37-38(7,8)31(4,5)6/h9-18,26-27H,19-23H2,1-8H3,(H,33,34). The van der Waals surface area contributed by atoms with Gasteiger partial charge in [0, 0.05) is 13.0 Å². The van der Waals surface area contributed by atoms with E-state index in [0.29, 0.717) is 25.8 Å². The first-order chi connectivity index (χ1) is 17.6. The SMILES string of the molecule is CC(C)(C)OC(=O)N(CCc1ccccc1)C(Cc1ccccc1)C(CCC(=O)O)O[Si](C)(C)C(C)(C)C. The van der Waals surface area contributed by atoms with Crippen LogP contribution in [-0.2, 0) is 26.8 Å². The highest BCUT2D eigenvalue weighted by Crippen LogP contribution is 2.39. The van der Waals surface area contributed by atoms with Gasteiger partial charge in [0.05, 0.1) is 12.1 Å². The Hall–Kier alpha value is -2.64. The molecular formula is C31H47NO5Si. The average Bonchev–Trinajstić information content (AvgIpc) is 2.80. The molecule has 0 saturated carbocycles. The number of hydrogen-bond donors (Lipinski definition) is 1. The number of carboxylic acid groups (broad SMARTS) is 1. The summed E-state index contributed by atoms with van der Waals surface area (Å²) in [6.45, 7) is 16.9. The second kappa shape index (κ2) is 13.4. The highest BCUT2D eigenvalue weighted by Gasteiger charge is 2.43. The predicted molar refractivity (Wildman–Crippen MR) is 156 cm³/mol. The van der Waals surface area contributed by atoms with Crippen molar-refractivity contribution in [3.8, 4) is 0 Å². The Kier molecular flexibility index (Phi) is 11.2. The quantitative estimate of drug-likeness (QED) is 0.285. The summed E-state index contributed by atoms with van der Waals surface area (Å²) in [6, 6.07) is 19.7. The maximum absolute atomic E-state index is 13.8. The monoisotopic (exact) mass is 541 g/mol. The Balaban J connectivity index is 2.57. The number of benzene rings is 2. The second-order valence-corrected chi connectivity index (χ2v) is 17.3. The summed E-state index contributed by atoms with van der Waals surface area (Å²) in [5.41, 5.74) is 1.51. The molecule has 2 atom stereocenters. The summed E-state index contributed by atoms with van der Waals surface area (Å²) in [5, 5.41) is 9.52. The van der Waals surface area contributed by atoms with Crippen LogP contribution in [0.15, 0.2) is 60.7 Å². The van der Waals surface area contributed by atoms with Crippen LogP contribution in [0.1, 0.15) is 65.5 Å². The van der Waals surface area contributed by atoms with Crippen LogP contribution in [0.25, 0.3) is 0 Å². The smallest absolute Gasteiger partial charge is 0.410 e. The van der Waals surface area contributed by atoms with E-state index in [-0.39, 0.29) is 11.5 Å². The van der Waals surface area contributed by atoms with E-state index >= 15 is 0 Å². The third-order valence-corrected chi connectivity index (χ3v) is 11.6. The van der Waals surface area contributed by atoms with Crippen LogP contribution in [0.2, 0.25) is 18.1 Å². The van der Waals surface area contributed by atoms with Crippen molar-refractivity contribution in [2.45, 2.75) is 103 Å². The van der Waals surface area contributed by atoms with E-state index in [1.165, 1.54) is 0 Å². The minimum absolute atomic E-state index is 0.0363. The molecule has 1 N–H and O–H groups in total. The Labute approximate surface area is 230 Å². The molecule has 6 nitrogen and oxygen atoms in total. The van der Waals surface area contributed by atoms with Crippen molar-refractivity contribution >= 4 is 20.4 Å². The number of ether oxygens (including phenoxy) is 1. The highest BCUT2D eigenvalue weighted by molar-refractivity contribution is 6.74. The summed E-state index contributed by atoms with van der Waals surface area (Å²) < 4.78 is 12.8. The van der Waals surface area contributed by atoms with Gasteiger partial charge >= 0.3 is 12.1 Å². The number of aliphatic carboxylic acids is 1.